The van der Waals surface area contributed by atoms with Gasteiger partial charge in [-0.15, -0.1) is 0 Å². The number of anilines is 1. The summed E-state index contributed by atoms with van der Waals surface area (Å²) in [7, 11) is 0. The summed E-state index contributed by atoms with van der Waals surface area (Å²) in [5.74, 6) is 0.504. The minimum atomic E-state index is -0.00576. The van der Waals surface area contributed by atoms with Gasteiger partial charge in [0.2, 0.25) is 11.9 Å². The van der Waals surface area contributed by atoms with E-state index in [4.69, 9.17) is 0 Å². The van der Waals surface area contributed by atoms with Crippen molar-refractivity contribution in [3.05, 3.63) is 65.9 Å². The third kappa shape index (κ3) is 5.22. The maximum atomic E-state index is 12.2. The van der Waals surface area contributed by atoms with E-state index >= 15 is 0 Å². The molecule has 0 atom stereocenters. The average molecular weight is 377 g/mol. The van der Waals surface area contributed by atoms with Crippen LogP contribution in [0.1, 0.15) is 37.3 Å². The second-order valence-electron chi connectivity index (χ2n) is 6.93. The van der Waals surface area contributed by atoms with Crippen LogP contribution in [0.5, 0.6) is 0 Å². The SMILES string of the molecule is CCCCC(=O)NC(=NCCc1c[nH]c2ccccc12)Nc1ccccc1C. The quantitative estimate of drug-likeness (QED) is 0.410. The number of guanidine groups is 1. The Kier molecular flexibility index (Phi) is 6.84. The summed E-state index contributed by atoms with van der Waals surface area (Å²) in [6.07, 6.45) is 5.21. The lowest BCUT2D eigenvalue weighted by molar-refractivity contribution is -0.119. The highest BCUT2D eigenvalue weighted by Gasteiger charge is 2.08. The van der Waals surface area contributed by atoms with Crippen molar-refractivity contribution in [1.29, 1.82) is 0 Å². The molecular formula is C23H28N4O. The number of unbranched alkanes of at least 4 members (excludes halogenated alkanes) is 1. The lowest BCUT2D eigenvalue weighted by atomic mass is 10.1. The molecule has 3 aromatic rings. The van der Waals surface area contributed by atoms with Gasteiger partial charge in [0, 0.05) is 35.8 Å². The third-order valence-electron chi connectivity index (χ3n) is 4.74. The normalized spacial score (nSPS) is 11.6. The standard InChI is InChI=1S/C23H28N4O/c1-3-4-13-22(28)27-23(26-20-11-7-5-9-17(20)2)24-15-14-18-16-25-21-12-8-6-10-19(18)21/h5-12,16,25H,3-4,13-15H2,1-2H3,(H2,24,26,27,28). The minimum Gasteiger partial charge on any atom is -0.361 e. The van der Waals surface area contributed by atoms with Crippen LogP contribution in [0, 0.1) is 6.92 Å². The topological polar surface area (TPSA) is 69.3 Å². The predicted octanol–water partition coefficient (Wildman–Crippen LogP) is 4.79. The van der Waals surface area contributed by atoms with Crippen LogP contribution in [0.4, 0.5) is 5.69 Å². The monoisotopic (exact) mass is 376 g/mol. The molecule has 0 radical (unpaired) electrons. The number of hydrogen-bond donors (Lipinski definition) is 3. The van der Waals surface area contributed by atoms with E-state index in [1.807, 2.05) is 49.5 Å². The van der Waals surface area contributed by atoms with Crippen LogP contribution in [0.3, 0.4) is 0 Å². The molecule has 2 aromatic carbocycles. The molecule has 0 aliphatic rings. The smallest absolute Gasteiger partial charge is 0.226 e. The molecule has 0 saturated heterocycles. The maximum Gasteiger partial charge on any atom is 0.226 e. The van der Waals surface area contributed by atoms with E-state index in [-0.39, 0.29) is 5.91 Å². The van der Waals surface area contributed by atoms with Gasteiger partial charge < -0.3 is 10.3 Å². The Morgan fingerprint density at radius 1 is 1.11 bits per heavy atom. The molecule has 0 unspecified atom stereocenters. The Bertz CT molecular complexity index is 958. The van der Waals surface area contributed by atoms with Crippen molar-refractivity contribution in [1.82, 2.24) is 10.3 Å². The van der Waals surface area contributed by atoms with Crippen LogP contribution in [0.25, 0.3) is 10.9 Å². The Balaban J connectivity index is 1.71. The van der Waals surface area contributed by atoms with Crippen LogP contribution in [0.2, 0.25) is 0 Å². The zero-order valence-electron chi connectivity index (χ0n) is 16.6. The van der Waals surface area contributed by atoms with E-state index in [0.717, 1.165) is 36.0 Å². The molecule has 28 heavy (non-hydrogen) atoms. The van der Waals surface area contributed by atoms with Gasteiger partial charge in [-0.3, -0.25) is 15.1 Å². The molecule has 0 aliphatic heterocycles. The maximum absolute atomic E-state index is 12.2. The van der Waals surface area contributed by atoms with E-state index in [1.165, 1.54) is 10.9 Å². The van der Waals surface area contributed by atoms with Crippen LogP contribution in [-0.4, -0.2) is 23.4 Å². The van der Waals surface area contributed by atoms with Crippen molar-refractivity contribution in [3.8, 4) is 0 Å². The minimum absolute atomic E-state index is 0.00576. The Morgan fingerprint density at radius 3 is 2.71 bits per heavy atom. The molecule has 1 heterocycles. The number of aromatic nitrogens is 1. The van der Waals surface area contributed by atoms with Crippen molar-refractivity contribution in [2.45, 2.75) is 39.5 Å². The van der Waals surface area contributed by atoms with Crippen molar-refractivity contribution >= 4 is 28.5 Å². The van der Waals surface area contributed by atoms with Gasteiger partial charge in [-0.1, -0.05) is 49.7 Å². The zero-order chi connectivity index (χ0) is 19.8. The molecule has 5 nitrogen and oxygen atoms in total. The van der Waals surface area contributed by atoms with E-state index in [1.54, 1.807) is 0 Å². The van der Waals surface area contributed by atoms with Crippen LogP contribution in [-0.2, 0) is 11.2 Å². The summed E-state index contributed by atoms with van der Waals surface area (Å²) in [5, 5.41) is 7.44. The summed E-state index contributed by atoms with van der Waals surface area (Å²) < 4.78 is 0. The van der Waals surface area contributed by atoms with Crippen molar-refractivity contribution in [2.75, 3.05) is 11.9 Å². The molecule has 5 heteroatoms. The van der Waals surface area contributed by atoms with Gasteiger partial charge in [0.25, 0.3) is 0 Å². The lowest BCUT2D eigenvalue weighted by Crippen LogP contribution is -2.36. The number of nitrogens with zero attached hydrogens (tertiary/aromatic N) is 1. The lowest BCUT2D eigenvalue weighted by Gasteiger charge is -2.13. The van der Waals surface area contributed by atoms with E-state index in [2.05, 4.69) is 39.7 Å². The van der Waals surface area contributed by atoms with Crippen LogP contribution in [0.15, 0.2) is 59.7 Å². The molecule has 0 spiro atoms. The number of carbonyl (C=O) groups is 1. The molecule has 0 saturated carbocycles. The summed E-state index contributed by atoms with van der Waals surface area (Å²) in [5.41, 5.74) is 4.42. The van der Waals surface area contributed by atoms with Gasteiger partial charge in [-0.05, 0) is 43.0 Å². The highest BCUT2D eigenvalue weighted by atomic mass is 16.1. The average Bonchev–Trinajstić information content (AvgIpc) is 3.11. The number of carbonyl (C=O) groups excluding carboxylic acids is 1. The molecule has 3 rings (SSSR count). The zero-order valence-corrected chi connectivity index (χ0v) is 16.6. The summed E-state index contributed by atoms with van der Waals surface area (Å²) in [4.78, 5) is 20.2. The van der Waals surface area contributed by atoms with Crippen molar-refractivity contribution < 1.29 is 4.79 Å². The summed E-state index contributed by atoms with van der Waals surface area (Å²) in [6.45, 7) is 4.70. The molecule has 0 fully saturated rings. The van der Waals surface area contributed by atoms with Crippen molar-refractivity contribution in [3.63, 3.8) is 0 Å². The first-order valence-electron chi connectivity index (χ1n) is 9.89. The fourth-order valence-corrected chi connectivity index (χ4v) is 3.11. The molecule has 146 valence electrons. The number of benzene rings is 2. The predicted molar refractivity (Wildman–Crippen MR) is 117 cm³/mol. The van der Waals surface area contributed by atoms with Gasteiger partial charge in [0.15, 0.2) is 0 Å². The first-order chi connectivity index (χ1) is 13.7. The van der Waals surface area contributed by atoms with E-state index < -0.39 is 0 Å². The second-order valence-corrected chi connectivity index (χ2v) is 6.93. The third-order valence-corrected chi connectivity index (χ3v) is 4.74. The Morgan fingerprint density at radius 2 is 1.89 bits per heavy atom. The fourth-order valence-electron chi connectivity index (χ4n) is 3.11. The van der Waals surface area contributed by atoms with Gasteiger partial charge in [-0.25, -0.2) is 0 Å². The number of nitrogens with one attached hydrogen (secondary N) is 3. The largest absolute Gasteiger partial charge is 0.361 e. The first-order valence-corrected chi connectivity index (χ1v) is 9.89. The molecular weight excluding hydrogens is 348 g/mol. The summed E-state index contributed by atoms with van der Waals surface area (Å²) in [6, 6.07) is 16.2. The van der Waals surface area contributed by atoms with E-state index in [0.29, 0.717) is 18.9 Å². The molecule has 1 amide bonds. The highest BCUT2D eigenvalue weighted by Crippen LogP contribution is 2.18. The number of aryl methyl sites for hydroxylation is 1. The molecule has 3 N–H and O–H groups in total. The molecule has 0 aliphatic carbocycles. The van der Waals surface area contributed by atoms with E-state index in [9.17, 15) is 4.79 Å². The van der Waals surface area contributed by atoms with Crippen molar-refractivity contribution in [2.24, 2.45) is 4.99 Å². The van der Waals surface area contributed by atoms with Gasteiger partial charge in [-0.2, -0.15) is 0 Å². The summed E-state index contributed by atoms with van der Waals surface area (Å²) >= 11 is 0. The number of amides is 1. The molecule has 0 bridgehead atoms. The van der Waals surface area contributed by atoms with Crippen LogP contribution < -0.4 is 10.6 Å². The Labute approximate surface area is 166 Å². The number of hydrogen-bond acceptors (Lipinski definition) is 2. The number of rotatable bonds is 7. The van der Waals surface area contributed by atoms with Gasteiger partial charge in [0.1, 0.15) is 0 Å². The van der Waals surface area contributed by atoms with Crippen LogP contribution >= 0.6 is 0 Å². The highest BCUT2D eigenvalue weighted by molar-refractivity contribution is 6.04. The second kappa shape index (κ2) is 9.74. The first kappa shape index (κ1) is 19.7. The molecule has 1 aromatic heterocycles. The van der Waals surface area contributed by atoms with Gasteiger partial charge >= 0.3 is 0 Å². The number of para-hydroxylation sites is 2. The van der Waals surface area contributed by atoms with Gasteiger partial charge in [0.05, 0.1) is 0 Å². The number of aromatic amines is 1. The Hall–Kier alpha value is -3.08. The number of fused-ring (bicyclic) bond motifs is 1. The number of H-pyrrole nitrogens is 1. The fraction of sp³-hybridized carbons (Fsp3) is 0.304. The number of aliphatic imine (C=N–C) groups is 1.